The number of nitrogens with zero attached hydrogens (tertiary/aromatic N) is 5. The Kier molecular flexibility index (Phi) is 6.14. The van der Waals surface area contributed by atoms with Gasteiger partial charge >= 0.3 is 0 Å². The Morgan fingerprint density at radius 2 is 2.03 bits per heavy atom. The summed E-state index contributed by atoms with van der Waals surface area (Å²) in [4.78, 5) is 17.8. The van der Waals surface area contributed by atoms with Crippen molar-refractivity contribution in [3.8, 4) is 0 Å². The Morgan fingerprint density at radius 1 is 1.28 bits per heavy atom. The van der Waals surface area contributed by atoms with Gasteiger partial charge in [0.15, 0.2) is 5.82 Å². The standard InChI is InChI=1S/C21H30N6O2/c1-6-18(19-23-24-25-27(19)21(3,4)5)26(9-10-28)13-16-12-15-8-7-14(2)11-17(15)22-20(16)29/h7-8,11-12,18,28H,6,9-10,13H2,1-5H3,(H,22,29)/t18-/m1/s1. The Hall–Kier alpha value is -2.58. The van der Waals surface area contributed by atoms with Crippen LogP contribution in [0.25, 0.3) is 10.9 Å². The van der Waals surface area contributed by atoms with Crippen molar-refractivity contribution in [2.45, 2.75) is 59.2 Å². The van der Waals surface area contributed by atoms with E-state index in [1.54, 1.807) is 0 Å². The third-order valence-electron chi connectivity index (χ3n) is 5.09. The van der Waals surface area contributed by atoms with Crippen LogP contribution in [0.3, 0.4) is 0 Å². The maximum atomic E-state index is 12.7. The molecule has 0 radical (unpaired) electrons. The summed E-state index contributed by atoms with van der Waals surface area (Å²) in [6.07, 6.45) is 0.751. The first kappa shape index (κ1) is 21.1. The lowest BCUT2D eigenvalue weighted by Crippen LogP contribution is -2.36. The summed E-state index contributed by atoms with van der Waals surface area (Å²) in [5.74, 6) is 0.737. The molecule has 2 aromatic heterocycles. The fraction of sp³-hybridized carbons (Fsp3) is 0.524. The zero-order valence-electron chi connectivity index (χ0n) is 17.8. The monoisotopic (exact) mass is 398 g/mol. The third-order valence-corrected chi connectivity index (χ3v) is 5.09. The summed E-state index contributed by atoms with van der Waals surface area (Å²) in [7, 11) is 0. The number of benzene rings is 1. The third kappa shape index (κ3) is 4.54. The first-order valence-electron chi connectivity index (χ1n) is 10.0. The normalized spacial score (nSPS) is 13.3. The van der Waals surface area contributed by atoms with Crippen LogP contribution in [0.2, 0.25) is 0 Å². The van der Waals surface area contributed by atoms with Gasteiger partial charge in [-0.1, -0.05) is 19.1 Å². The van der Waals surface area contributed by atoms with E-state index in [1.807, 2.05) is 56.6 Å². The molecule has 2 heterocycles. The SMILES string of the molecule is CC[C@H](c1nnnn1C(C)(C)C)N(CCO)Cc1cc2ccc(C)cc2[nH]c1=O. The summed E-state index contributed by atoms with van der Waals surface area (Å²) >= 11 is 0. The van der Waals surface area contributed by atoms with Crippen molar-refractivity contribution in [1.82, 2.24) is 30.1 Å². The molecular weight excluding hydrogens is 368 g/mol. The van der Waals surface area contributed by atoms with E-state index in [2.05, 4.69) is 32.3 Å². The molecule has 0 aliphatic rings. The fourth-order valence-corrected chi connectivity index (χ4v) is 3.65. The zero-order valence-corrected chi connectivity index (χ0v) is 17.8. The molecule has 8 heteroatoms. The van der Waals surface area contributed by atoms with E-state index >= 15 is 0 Å². The Labute approximate surface area is 170 Å². The minimum Gasteiger partial charge on any atom is -0.395 e. The number of rotatable bonds is 7. The molecule has 156 valence electrons. The average molecular weight is 399 g/mol. The van der Waals surface area contributed by atoms with Gasteiger partial charge in [0.2, 0.25) is 0 Å². The van der Waals surface area contributed by atoms with Gasteiger partial charge in [-0.2, -0.15) is 0 Å². The first-order valence-corrected chi connectivity index (χ1v) is 10.0. The molecular formula is C21H30N6O2. The topological polar surface area (TPSA) is 99.9 Å². The number of fused-ring (bicyclic) bond motifs is 1. The molecule has 29 heavy (non-hydrogen) atoms. The van der Waals surface area contributed by atoms with Gasteiger partial charge in [0, 0.05) is 24.2 Å². The van der Waals surface area contributed by atoms with Gasteiger partial charge in [-0.15, -0.1) is 5.10 Å². The van der Waals surface area contributed by atoms with Crippen molar-refractivity contribution in [3.63, 3.8) is 0 Å². The van der Waals surface area contributed by atoms with Gasteiger partial charge in [0.05, 0.1) is 18.2 Å². The van der Waals surface area contributed by atoms with Gasteiger partial charge in [-0.3, -0.25) is 9.69 Å². The van der Waals surface area contributed by atoms with E-state index in [0.29, 0.717) is 18.7 Å². The molecule has 1 atom stereocenters. The van der Waals surface area contributed by atoms with Gasteiger partial charge < -0.3 is 10.1 Å². The Bertz CT molecular complexity index is 1030. The summed E-state index contributed by atoms with van der Waals surface area (Å²) < 4.78 is 1.82. The molecule has 0 unspecified atom stereocenters. The average Bonchev–Trinajstić information content (AvgIpc) is 3.13. The highest BCUT2D eigenvalue weighted by Gasteiger charge is 2.29. The molecule has 0 saturated carbocycles. The quantitative estimate of drug-likeness (QED) is 0.634. The van der Waals surface area contributed by atoms with Crippen LogP contribution in [0.5, 0.6) is 0 Å². The van der Waals surface area contributed by atoms with Crippen LogP contribution in [0, 0.1) is 6.92 Å². The van der Waals surface area contributed by atoms with Gasteiger partial charge in [-0.25, -0.2) is 4.68 Å². The predicted octanol–water partition coefficient (Wildman–Crippen LogP) is 2.52. The van der Waals surface area contributed by atoms with E-state index < -0.39 is 0 Å². The maximum Gasteiger partial charge on any atom is 0.252 e. The second-order valence-corrected chi connectivity index (χ2v) is 8.45. The van der Waals surface area contributed by atoms with Gasteiger partial charge in [0.25, 0.3) is 5.56 Å². The molecule has 1 aromatic carbocycles. The Morgan fingerprint density at radius 3 is 2.69 bits per heavy atom. The van der Waals surface area contributed by atoms with Crippen molar-refractivity contribution in [3.05, 3.63) is 51.6 Å². The van der Waals surface area contributed by atoms with Crippen LogP contribution in [-0.4, -0.2) is 48.3 Å². The number of pyridine rings is 1. The van der Waals surface area contributed by atoms with Crippen LogP contribution in [0.4, 0.5) is 0 Å². The number of aryl methyl sites for hydroxylation is 1. The summed E-state index contributed by atoms with van der Waals surface area (Å²) in [6.45, 7) is 11.0. The van der Waals surface area contributed by atoms with Crippen molar-refractivity contribution in [2.75, 3.05) is 13.2 Å². The number of tetrazole rings is 1. The molecule has 3 aromatic rings. The summed E-state index contributed by atoms with van der Waals surface area (Å²) in [5, 5.41) is 23.0. The van der Waals surface area contributed by atoms with Crippen molar-refractivity contribution >= 4 is 10.9 Å². The highest BCUT2D eigenvalue weighted by molar-refractivity contribution is 5.79. The minimum atomic E-state index is -0.268. The highest BCUT2D eigenvalue weighted by Crippen LogP contribution is 2.27. The molecule has 0 aliphatic carbocycles. The smallest absolute Gasteiger partial charge is 0.252 e. The molecule has 0 spiro atoms. The van der Waals surface area contributed by atoms with Crippen molar-refractivity contribution in [1.29, 1.82) is 0 Å². The van der Waals surface area contributed by atoms with Gasteiger partial charge in [-0.05, 0) is 67.6 Å². The largest absolute Gasteiger partial charge is 0.395 e. The zero-order chi connectivity index (χ0) is 21.2. The van der Waals surface area contributed by atoms with Crippen LogP contribution in [-0.2, 0) is 12.1 Å². The van der Waals surface area contributed by atoms with E-state index in [9.17, 15) is 9.90 Å². The van der Waals surface area contributed by atoms with E-state index in [4.69, 9.17) is 0 Å². The second-order valence-electron chi connectivity index (χ2n) is 8.45. The first-order chi connectivity index (χ1) is 13.7. The minimum absolute atomic E-state index is 0.0156. The lowest BCUT2D eigenvalue weighted by molar-refractivity contribution is 0.127. The number of hydrogen-bond donors (Lipinski definition) is 2. The van der Waals surface area contributed by atoms with Crippen molar-refractivity contribution < 1.29 is 5.11 Å². The summed E-state index contributed by atoms with van der Waals surface area (Å²) in [6, 6.07) is 7.82. The highest BCUT2D eigenvalue weighted by atomic mass is 16.3. The fourth-order valence-electron chi connectivity index (χ4n) is 3.65. The number of aliphatic hydroxyl groups is 1. The van der Waals surface area contributed by atoms with E-state index in [-0.39, 0.29) is 23.7 Å². The second kappa shape index (κ2) is 8.42. The predicted molar refractivity (Wildman–Crippen MR) is 113 cm³/mol. The molecule has 0 amide bonds. The number of aromatic amines is 1. The maximum absolute atomic E-state index is 12.7. The van der Waals surface area contributed by atoms with Crippen LogP contribution in [0.15, 0.2) is 29.1 Å². The lowest BCUT2D eigenvalue weighted by atomic mass is 10.1. The molecule has 0 bridgehead atoms. The van der Waals surface area contributed by atoms with Crippen LogP contribution >= 0.6 is 0 Å². The van der Waals surface area contributed by atoms with E-state index in [0.717, 1.165) is 28.7 Å². The number of H-pyrrole nitrogens is 1. The lowest BCUT2D eigenvalue weighted by Gasteiger charge is -2.31. The molecule has 2 N–H and O–H groups in total. The van der Waals surface area contributed by atoms with E-state index in [1.165, 1.54) is 0 Å². The molecule has 3 rings (SSSR count). The Balaban J connectivity index is 1.99. The molecule has 8 nitrogen and oxygen atoms in total. The number of hydrogen-bond acceptors (Lipinski definition) is 6. The molecule has 0 aliphatic heterocycles. The number of nitrogens with one attached hydrogen (secondary N) is 1. The van der Waals surface area contributed by atoms with Crippen LogP contribution in [0.1, 0.15) is 57.1 Å². The summed E-state index contributed by atoms with van der Waals surface area (Å²) in [5.41, 5.74) is 2.20. The van der Waals surface area contributed by atoms with Gasteiger partial charge in [0.1, 0.15) is 0 Å². The molecule has 0 saturated heterocycles. The van der Waals surface area contributed by atoms with Crippen LogP contribution < -0.4 is 5.56 Å². The van der Waals surface area contributed by atoms with Crippen molar-refractivity contribution in [2.24, 2.45) is 0 Å². The number of aliphatic hydroxyl groups excluding tert-OH is 1. The number of aromatic nitrogens is 5. The molecule has 0 fully saturated rings.